The third-order valence-corrected chi connectivity index (χ3v) is 5.28. The van der Waals surface area contributed by atoms with E-state index in [1.54, 1.807) is 11.3 Å². The first-order valence-electron chi connectivity index (χ1n) is 8.46. The van der Waals surface area contributed by atoms with Crippen LogP contribution in [0.25, 0.3) is 0 Å². The first-order valence-corrected chi connectivity index (χ1v) is 9.28. The van der Waals surface area contributed by atoms with Gasteiger partial charge in [0.25, 0.3) is 0 Å². The van der Waals surface area contributed by atoms with Crippen LogP contribution in [-0.4, -0.2) is 73.6 Å². The molecule has 0 spiro atoms. The third kappa shape index (κ3) is 5.75. The summed E-state index contributed by atoms with van der Waals surface area (Å²) in [7, 11) is 4.39. The standard InChI is InChI=1S/C16H30N6S/c1-5-14-10-18-15(23-14)11-20-16(17-6-2)19-9-13-12-21(3)7-8-22(13)4/h10,13H,5-9,11-12H2,1-4H3,(H2,17,19,20). The maximum atomic E-state index is 4.67. The highest BCUT2D eigenvalue weighted by Gasteiger charge is 2.21. The normalized spacial score (nSPS) is 20.7. The van der Waals surface area contributed by atoms with E-state index in [9.17, 15) is 0 Å². The zero-order chi connectivity index (χ0) is 16.7. The van der Waals surface area contributed by atoms with Crippen molar-refractivity contribution in [1.29, 1.82) is 0 Å². The van der Waals surface area contributed by atoms with E-state index in [0.717, 1.165) is 50.1 Å². The lowest BCUT2D eigenvalue weighted by molar-refractivity contribution is 0.116. The number of aliphatic imine (C=N–C) groups is 1. The van der Waals surface area contributed by atoms with Gasteiger partial charge in [-0.1, -0.05) is 6.92 Å². The maximum absolute atomic E-state index is 4.67. The summed E-state index contributed by atoms with van der Waals surface area (Å²) in [6.45, 7) is 10.0. The van der Waals surface area contributed by atoms with Crippen LogP contribution in [0, 0.1) is 0 Å². The number of aromatic nitrogens is 1. The Morgan fingerprint density at radius 1 is 1.35 bits per heavy atom. The van der Waals surface area contributed by atoms with E-state index in [-0.39, 0.29) is 0 Å². The number of aryl methyl sites for hydroxylation is 1. The second-order valence-electron chi connectivity index (χ2n) is 6.05. The quantitative estimate of drug-likeness (QED) is 0.599. The molecular formula is C16H30N6S. The number of hydrogen-bond acceptors (Lipinski definition) is 5. The van der Waals surface area contributed by atoms with E-state index >= 15 is 0 Å². The molecule has 0 bridgehead atoms. The van der Waals surface area contributed by atoms with E-state index in [2.05, 4.69) is 58.4 Å². The summed E-state index contributed by atoms with van der Waals surface area (Å²) in [5.41, 5.74) is 0. The van der Waals surface area contributed by atoms with Crippen LogP contribution in [0.4, 0.5) is 0 Å². The van der Waals surface area contributed by atoms with Crippen LogP contribution in [-0.2, 0) is 13.0 Å². The van der Waals surface area contributed by atoms with Crippen LogP contribution in [0.1, 0.15) is 23.7 Å². The Morgan fingerprint density at radius 2 is 2.17 bits per heavy atom. The largest absolute Gasteiger partial charge is 0.357 e. The monoisotopic (exact) mass is 338 g/mol. The number of thiazole rings is 1. The van der Waals surface area contributed by atoms with Gasteiger partial charge >= 0.3 is 0 Å². The van der Waals surface area contributed by atoms with Gasteiger partial charge in [-0.05, 0) is 27.4 Å². The van der Waals surface area contributed by atoms with E-state index in [0.29, 0.717) is 12.6 Å². The second-order valence-corrected chi connectivity index (χ2v) is 7.25. The molecule has 1 aliphatic rings. The van der Waals surface area contributed by atoms with Crippen LogP contribution in [0.15, 0.2) is 11.2 Å². The highest BCUT2D eigenvalue weighted by molar-refractivity contribution is 7.11. The molecule has 1 aromatic rings. The summed E-state index contributed by atoms with van der Waals surface area (Å²) >= 11 is 1.75. The summed E-state index contributed by atoms with van der Waals surface area (Å²) < 4.78 is 0. The van der Waals surface area contributed by atoms with Crippen molar-refractivity contribution in [3.63, 3.8) is 0 Å². The molecule has 2 heterocycles. The second kappa shape index (κ2) is 9.20. The summed E-state index contributed by atoms with van der Waals surface area (Å²) in [4.78, 5) is 15.2. The molecule has 2 rings (SSSR count). The molecule has 0 aliphatic carbocycles. The van der Waals surface area contributed by atoms with Crippen LogP contribution < -0.4 is 10.6 Å². The molecule has 2 N–H and O–H groups in total. The fourth-order valence-electron chi connectivity index (χ4n) is 2.61. The molecule has 1 saturated heterocycles. The van der Waals surface area contributed by atoms with Crippen molar-refractivity contribution in [3.05, 3.63) is 16.1 Å². The van der Waals surface area contributed by atoms with Gasteiger partial charge in [-0.2, -0.15) is 0 Å². The highest BCUT2D eigenvalue weighted by atomic mass is 32.1. The van der Waals surface area contributed by atoms with Gasteiger partial charge in [0.05, 0.1) is 6.54 Å². The van der Waals surface area contributed by atoms with Crippen LogP contribution >= 0.6 is 11.3 Å². The van der Waals surface area contributed by atoms with Gasteiger partial charge in [0, 0.05) is 49.8 Å². The fourth-order valence-corrected chi connectivity index (χ4v) is 3.40. The first kappa shape index (κ1) is 18.2. The minimum absolute atomic E-state index is 0.518. The molecule has 1 aromatic heterocycles. The molecule has 0 radical (unpaired) electrons. The molecule has 130 valence electrons. The molecule has 0 amide bonds. The molecule has 1 unspecified atom stereocenters. The zero-order valence-electron chi connectivity index (χ0n) is 14.8. The Labute approximate surface area is 144 Å². The molecule has 7 heteroatoms. The maximum Gasteiger partial charge on any atom is 0.191 e. The molecule has 1 atom stereocenters. The SMILES string of the molecule is CCNC(=NCc1ncc(CC)s1)NCC1CN(C)CCN1C. The summed E-state index contributed by atoms with van der Waals surface area (Å²) in [5.74, 6) is 0.877. The van der Waals surface area contributed by atoms with E-state index in [1.165, 1.54) is 4.88 Å². The molecule has 1 fully saturated rings. The van der Waals surface area contributed by atoms with Crippen LogP contribution in [0.3, 0.4) is 0 Å². The number of piperazine rings is 1. The van der Waals surface area contributed by atoms with Gasteiger partial charge in [-0.15, -0.1) is 11.3 Å². The number of nitrogens with zero attached hydrogens (tertiary/aromatic N) is 4. The van der Waals surface area contributed by atoms with Crippen molar-refractivity contribution in [3.8, 4) is 0 Å². The van der Waals surface area contributed by atoms with Gasteiger partial charge in [0.2, 0.25) is 0 Å². The Bertz CT molecular complexity index is 501. The van der Waals surface area contributed by atoms with E-state index in [4.69, 9.17) is 0 Å². The third-order valence-electron chi connectivity index (χ3n) is 4.15. The number of rotatable bonds is 6. The van der Waals surface area contributed by atoms with Crippen LogP contribution in [0.5, 0.6) is 0 Å². The predicted octanol–water partition coefficient (Wildman–Crippen LogP) is 1.01. The van der Waals surface area contributed by atoms with Crippen molar-refractivity contribution >= 4 is 17.3 Å². The Kier molecular flexibility index (Phi) is 7.26. The number of likely N-dealkylation sites (N-methyl/N-ethyl adjacent to an activating group) is 2. The van der Waals surface area contributed by atoms with E-state index < -0.39 is 0 Å². The van der Waals surface area contributed by atoms with Crippen molar-refractivity contribution < 1.29 is 0 Å². The molecule has 23 heavy (non-hydrogen) atoms. The summed E-state index contributed by atoms with van der Waals surface area (Å²) in [6.07, 6.45) is 3.00. The summed E-state index contributed by atoms with van der Waals surface area (Å²) in [5, 5.41) is 7.88. The highest BCUT2D eigenvalue weighted by Crippen LogP contribution is 2.14. The van der Waals surface area contributed by atoms with Gasteiger partial charge in [0.1, 0.15) is 5.01 Å². The number of guanidine groups is 1. The Balaban J connectivity index is 1.88. The average Bonchev–Trinajstić information content (AvgIpc) is 3.01. The lowest BCUT2D eigenvalue weighted by Gasteiger charge is -2.37. The van der Waals surface area contributed by atoms with Crippen molar-refractivity contribution in [1.82, 2.24) is 25.4 Å². The molecule has 0 aromatic carbocycles. The summed E-state index contributed by atoms with van der Waals surface area (Å²) in [6, 6.07) is 0.518. The van der Waals surface area contributed by atoms with Crippen molar-refractivity contribution in [2.45, 2.75) is 32.9 Å². The van der Waals surface area contributed by atoms with E-state index in [1.807, 2.05) is 6.20 Å². The Hall–Kier alpha value is -1.18. The fraction of sp³-hybridized carbons (Fsp3) is 0.750. The minimum Gasteiger partial charge on any atom is -0.357 e. The topological polar surface area (TPSA) is 55.8 Å². The zero-order valence-corrected chi connectivity index (χ0v) is 15.6. The molecule has 1 aliphatic heterocycles. The van der Waals surface area contributed by atoms with Crippen molar-refractivity contribution in [2.75, 3.05) is 46.8 Å². The smallest absolute Gasteiger partial charge is 0.191 e. The van der Waals surface area contributed by atoms with Gasteiger partial charge in [-0.3, -0.25) is 4.90 Å². The molecular weight excluding hydrogens is 308 g/mol. The average molecular weight is 339 g/mol. The predicted molar refractivity (Wildman–Crippen MR) is 98.2 cm³/mol. The number of nitrogens with one attached hydrogen (secondary N) is 2. The first-order chi connectivity index (χ1) is 11.1. The van der Waals surface area contributed by atoms with Gasteiger partial charge in [0.15, 0.2) is 5.96 Å². The molecule has 0 saturated carbocycles. The lowest BCUT2D eigenvalue weighted by atomic mass is 10.2. The van der Waals surface area contributed by atoms with Crippen molar-refractivity contribution in [2.24, 2.45) is 4.99 Å². The Morgan fingerprint density at radius 3 is 2.87 bits per heavy atom. The minimum atomic E-state index is 0.518. The van der Waals surface area contributed by atoms with Gasteiger partial charge < -0.3 is 15.5 Å². The lowest BCUT2D eigenvalue weighted by Crippen LogP contribution is -2.55. The number of hydrogen-bond donors (Lipinski definition) is 2. The van der Waals surface area contributed by atoms with Crippen LogP contribution in [0.2, 0.25) is 0 Å². The van der Waals surface area contributed by atoms with Gasteiger partial charge in [-0.25, -0.2) is 9.98 Å². The molecule has 6 nitrogen and oxygen atoms in total.